The second-order valence-electron chi connectivity index (χ2n) is 2.57. The Balaban J connectivity index is 2.26. The van der Waals surface area contributed by atoms with Crippen molar-refractivity contribution >= 4 is 5.97 Å². The van der Waals surface area contributed by atoms with Crippen LogP contribution < -0.4 is 5.32 Å². The Morgan fingerprint density at radius 3 is 3.08 bits per heavy atom. The molecule has 72 valence electrons. The minimum absolute atomic E-state index is 0.283. The van der Waals surface area contributed by atoms with Crippen molar-refractivity contribution in [2.24, 2.45) is 0 Å². The maximum atomic E-state index is 11.3. The highest BCUT2D eigenvalue weighted by Crippen LogP contribution is 2.06. The van der Waals surface area contributed by atoms with Crippen LogP contribution >= 0.6 is 0 Å². The van der Waals surface area contributed by atoms with Crippen molar-refractivity contribution < 1.29 is 14.3 Å². The van der Waals surface area contributed by atoms with Crippen LogP contribution in [0.25, 0.3) is 0 Å². The molecule has 1 aliphatic heterocycles. The highest BCUT2D eigenvalue weighted by molar-refractivity contribution is 5.88. The van der Waals surface area contributed by atoms with Crippen molar-refractivity contribution in [2.75, 3.05) is 20.3 Å². The molecule has 0 fully saturated rings. The topological polar surface area (TPSA) is 47.6 Å². The molecule has 0 aromatic carbocycles. The van der Waals surface area contributed by atoms with E-state index in [9.17, 15) is 4.79 Å². The normalized spacial score (nSPS) is 14.7. The van der Waals surface area contributed by atoms with Crippen LogP contribution in [0, 0.1) is 0 Å². The van der Waals surface area contributed by atoms with E-state index in [1.807, 2.05) is 6.08 Å². The standard InChI is InChI=1S/C9H13NO3/c1-12-5-6-13-9(11)8-3-2-4-10-7-8/h2,4,7,10H,3,5-6H2,1H3. The zero-order chi connectivity index (χ0) is 9.52. The van der Waals surface area contributed by atoms with Gasteiger partial charge in [0.25, 0.3) is 0 Å². The monoisotopic (exact) mass is 183 g/mol. The second kappa shape index (κ2) is 5.37. The number of carbonyl (C=O) groups is 1. The van der Waals surface area contributed by atoms with Gasteiger partial charge in [0.1, 0.15) is 6.61 Å². The summed E-state index contributed by atoms with van der Waals surface area (Å²) in [4.78, 5) is 11.3. The predicted molar refractivity (Wildman–Crippen MR) is 47.8 cm³/mol. The third kappa shape index (κ3) is 3.29. The first-order valence-electron chi connectivity index (χ1n) is 4.11. The maximum Gasteiger partial charge on any atom is 0.335 e. The van der Waals surface area contributed by atoms with Crippen molar-refractivity contribution in [3.63, 3.8) is 0 Å². The molecule has 1 heterocycles. The van der Waals surface area contributed by atoms with Gasteiger partial charge >= 0.3 is 5.97 Å². The highest BCUT2D eigenvalue weighted by atomic mass is 16.6. The smallest absolute Gasteiger partial charge is 0.335 e. The van der Waals surface area contributed by atoms with Gasteiger partial charge in [-0.3, -0.25) is 0 Å². The lowest BCUT2D eigenvalue weighted by atomic mass is 10.2. The molecule has 0 spiro atoms. The summed E-state index contributed by atoms with van der Waals surface area (Å²) in [6, 6.07) is 0. The molecule has 4 heteroatoms. The third-order valence-corrected chi connectivity index (χ3v) is 1.59. The average Bonchev–Trinajstić information content (AvgIpc) is 2.19. The van der Waals surface area contributed by atoms with Gasteiger partial charge in [-0.2, -0.15) is 0 Å². The Labute approximate surface area is 77.2 Å². The molecule has 0 aliphatic carbocycles. The van der Waals surface area contributed by atoms with Crippen LogP contribution in [0.5, 0.6) is 0 Å². The lowest BCUT2D eigenvalue weighted by Gasteiger charge is -2.08. The molecule has 1 N–H and O–H groups in total. The number of allylic oxidation sites excluding steroid dienone is 1. The molecule has 0 saturated carbocycles. The number of methoxy groups -OCH3 is 1. The van der Waals surface area contributed by atoms with Crippen LogP contribution in [0.2, 0.25) is 0 Å². The fourth-order valence-electron chi connectivity index (χ4n) is 0.914. The highest BCUT2D eigenvalue weighted by Gasteiger charge is 2.10. The van der Waals surface area contributed by atoms with Crippen LogP contribution in [0.4, 0.5) is 0 Å². The predicted octanol–water partition coefficient (Wildman–Crippen LogP) is 0.567. The van der Waals surface area contributed by atoms with Crippen LogP contribution in [-0.2, 0) is 14.3 Å². The summed E-state index contributed by atoms with van der Waals surface area (Å²) in [6.45, 7) is 0.735. The lowest BCUT2D eigenvalue weighted by molar-refractivity contribution is -0.140. The Hall–Kier alpha value is -1.29. The number of nitrogens with one attached hydrogen (secondary N) is 1. The number of hydrogen-bond donors (Lipinski definition) is 1. The Kier molecular flexibility index (Phi) is 4.05. The molecule has 0 bridgehead atoms. The molecule has 0 unspecified atom stereocenters. The van der Waals surface area contributed by atoms with E-state index in [-0.39, 0.29) is 5.97 Å². The zero-order valence-electron chi connectivity index (χ0n) is 7.58. The van der Waals surface area contributed by atoms with Gasteiger partial charge in [-0.15, -0.1) is 0 Å². The van der Waals surface area contributed by atoms with Crippen molar-refractivity contribution in [2.45, 2.75) is 6.42 Å². The molecule has 0 atom stereocenters. The first-order chi connectivity index (χ1) is 6.34. The Morgan fingerprint density at radius 1 is 1.62 bits per heavy atom. The average molecular weight is 183 g/mol. The summed E-state index contributed by atoms with van der Waals surface area (Å²) in [5.41, 5.74) is 0.638. The number of ether oxygens (including phenoxy) is 2. The third-order valence-electron chi connectivity index (χ3n) is 1.59. The summed E-state index contributed by atoms with van der Waals surface area (Å²) in [5, 5.41) is 2.83. The molecule has 1 rings (SSSR count). The zero-order valence-corrected chi connectivity index (χ0v) is 7.58. The molecular weight excluding hydrogens is 170 g/mol. The van der Waals surface area contributed by atoms with E-state index in [1.54, 1.807) is 19.5 Å². The quantitative estimate of drug-likeness (QED) is 0.511. The van der Waals surface area contributed by atoms with Crippen molar-refractivity contribution in [1.82, 2.24) is 5.32 Å². The van der Waals surface area contributed by atoms with Gasteiger partial charge < -0.3 is 14.8 Å². The van der Waals surface area contributed by atoms with Gasteiger partial charge in [0.15, 0.2) is 0 Å². The number of esters is 1. The largest absolute Gasteiger partial charge is 0.460 e. The van der Waals surface area contributed by atoms with Crippen molar-refractivity contribution in [3.8, 4) is 0 Å². The Bertz CT molecular complexity index is 233. The fraction of sp³-hybridized carbons (Fsp3) is 0.444. The minimum atomic E-state index is -0.283. The summed E-state index contributed by atoms with van der Waals surface area (Å²) in [6.07, 6.45) is 5.92. The van der Waals surface area contributed by atoms with Gasteiger partial charge in [-0.25, -0.2) is 4.79 Å². The number of dihydropyridines is 1. The van der Waals surface area contributed by atoms with Crippen LogP contribution in [-0.4, -0.2) is 26.3 Å². The van der Waals surface area contributed by atoms with E-state index < -0.39 is 0 Å². The van der Waals surface area contributed by atoms with Gasteiger partial charge in [0.05, 0.1) is 12.2 Å². The number of carbonyl (C=O) groups excluding carboxylic acids is 1. The first-order valence-corrected chi connectivity index (χ1v) is 4.11. The molecule has 1 aliphatic rings. The molecule has 0 saturated heterocycles. The van der Waals surface area contributed by atoms with E-state index in [0.717, 1.165) is 0 Å². The summed E-state index contributed by atoms with van der Waals surface area (Å²) < 4.78 is 9.67. The molecule has 13 heavy (non-hydrogen) atoms. The van der Waals surface area contributed by atoms with Crippen LogP contribution in [0.1, 0.15) is 6.42 Å². The SMILES string of the molecule is COCCOC(=O)C1=CNC=CC1. The van der Waals surface area contributed by atoms with E-state index in [4.69, 9.17) is 9.47 Å². The number of rotatable bonds is 4. The molecule has 0 aromatic rings. The molecule has 4 nitrogen and oxygen atoms in total. The van der Waals surface area contributed by atoms with E-state index >= 15 is 0 Å². The van der Waals surface area contributed by atoms with Gasteiger partial charge in [-0.1, -0.05) is 6.08 Å². The van der Waals surface area contributed by atoms with Gasteiger partial charge in [0, 0.05) is 19.7 Å². The van der Waals surface area contributed by atoms with Crippen LogP contribution in [0.15, 0.2) is 24.0 Å². The molecule has 0 aromatic heterocycles. The minimum Gasteiger partial charge on any atom is -0.460 e. The van der Waals surface area contributed by atoms with Gasteiger partial charge in [0.2, 0.25) is 0 Å². The van der Waals surface area contributed by atoms with Crippen molar-refractivity contribution in [1.29, 1.82) is 0 Å². The molecular formula is C9H13NO3. The fourth-order valence-corrected chi connectivity index (χ4v) is 0.914. The molecule has 0 amide bonds. The van der Waals surface area contributed by atoms with E-state index in [0.29, 0.717) is 25.2 Å². The maximum absolute atomic E-state index is 11.3. The summed E-state index contributed by atoms with van der Waals surface area (Å²) >= 11 is 0. The Morgan fingerprint density at radius 2 is 2.46 bits per heavy atom. The molecule has 0 radical (unpaired) electrons. The van der Waals surface area contributed by atoms with Crippen LogP contribution in [0.3, 0.4) is 0 Å². The van der Waals surface area contributed by atoms with E-state index in [1.165, 1.54) is 0 Å². The summed E-state index contributed by atoms with van der Waals surface area (Å²) in [7, 11) is 1.57. The first kappa shape index (κ1) is 9.80. The van der Waals surface area contributed by atoms with Gasteiger partial charge in [-0.05, 0) is 6.20 Å². The van der Waals surface area contributed by atoms with Crippen molar-refractivity contribution in [3.05, 3.63) is 24.0 Å². The second-order valence-corrected chi connectivity index (χ2v) is 2.57. The number of hydrogen-bond acceptors (Lipinski definition) is 4. The van der Waals surface area contributed by atoms with E-state index in [2.05, 4.69) is 5.32 Å². The summed E-state index contributed by atoms with van der Waals surface area (Å²) in [5.74, 6) is -0.283. The lowest BCUT2D eigenvalue weighted by Crippen LogP contribution is -2.15.